The Balaban J connectivity index is 1.25. The molecular weight excluding hydrogens is 416 g/mol. The van der Waals surface area contributed by atoms with Crippen molar-refractivity contribution < 1.29 is 9.59 Å². The first-order valence-corrected chi connectivity index (χ1v) is 11.8. The van der Waals surface area contributed by atoms with Crippen molar-refractivity contribution >= 4 is 17.5 Å². The topological polar surface area (TPSA) is 92.5 Å². The fourth-order valence-electron chi connectivity index (χ4n) is 4.71. The molecule has 1 aliphatic carbocycles. The molecule has 1 aliphatic heterocycles. The van der Waals surface area contributed by atoms with Crippen molar-refractivity contribution in [1.82, 2.24) is 29.8 Å². The Kier molecular flexibility index (Phi) is 5.83. The second kappa shape index (κ2) is 8.92. The summed E-state index contributed by atoms with van der Waals surface area (Å²) < 4.78 is 1.90. The number of rotatable bonds is 7. The molecule has 2 aliphatic rings. The molecule has 0 spiro atoms. The summed E-state index contributed by atoms with van der Waals surface area (Å²) in [6.07, 6.45) is 5.75. The predicted molar refractivity (Wildman–Crippen MR) is 124 cm³/mol. The smallest absolute Gasteiger partial charge is 0.225 e. The van der Waals surface area contributed by atoms with Crippen molar-refractivity contribution in [1.29, 1.82) is 0 Å². The normalized spacial score (nSPS) is 18.1. The van der Waals surface area contributed by atoms with E-state index in [9.17, 15) is 9.59 Å². The average Bonchev–Trinajstić information content (AvgIpc) is 3.39. The summed E-state index contributed by atoms with van der Waals surface area (Å²) in [5.74, 6) is 0.831. The second-order valence-electron chi connectivity index (χ2n) is 9.24. The summed E-state index contributed by atoms with van der Waals surface area (Å²) >= 11 is 0. The highest BCUT2D eigenvalue weighted by Gasteiger charge is 2.37. The highest BCUT2D eigenvalue weighted by molar-refractivity contribution is 5.81. The summed E-state index contributed by atoms with van der Waals surface area (Å²) in [6, 6.07) is 7.72. The van der Waals surface area contributed by atoms with Gasteiger partial charge in [0.05, 0.1) is 17.9 Å². The van der Waals surface area contributed by atoms with Gasteiger partial charge < -0.3 is 10.2 Å². The van der Waals surface area contributed by atoms with Gasteiger partial charge in [-0.25, -0.2) is 9.50 Å². The standard InChI is InChI=1S/C25H30N6O2/c1-16-21(8-9-24(32)27-14-20-5-3-4-11-26-20)17(2)31-23(28-16)13-22(29-31)19-10-12-30(15-19)25(33)18-6-7-18/h3-5,11,13,18-19H,6-10,12,14-15H2,1-2H3,(H,27,32)/t19-/m1/s1. The van der Waals surface area contributed by atoms with Gasteiger partial charge in [0.25, 0.3) is 0 Å². The zero-order chi connectivity index (χ0) is 22.9. The minimum atomic E-state index is -0.00733. The first kappa shape index (κ1) is 21.6. The van der Waals surface area contributed by atoms with Gasteiger partial charge in [0, 0.05) is 55.0 Å². The van der Waals surface area contributed by atoms with E-state index >= 15 is 0 Å². The number of aromatic nitrogens is 4. The molecule has 0 aromatic carbocycles. The molecule has 0 radical (unpaired) electrons. The van der Waals surface area contributed by atoms with Crippen LogP contribution in [0.1, 0.15) is 59.9 Å². The maximum atomic E-state index is 12.4. The van der Waals surface area contributed by atoms with E-state index in [1.165, 1.54) is 0 Å². The molecule has 172 valence electrons. The maximum Gasteiger partial charge on any atom is 0.225 e. The van der Waals surface area contributed by atoms with Gasteiger partial charge in [-0.2, -0.15) is 5.10 Å². The first-order chi connectivity index (χ1) is 16.0. The Morgan fingerprint density at radius 1 is 1.18 bits per heavy atom. The monoisotopic (exact) mass is 446 g/mol. The van der Waals surface area contributed by atoms with Gasteiger partial charge in [0.2, 0.25) is 11.8 Å². The molecule has 0 bridgehead atoms. The zero-order valence-corrected chi connectivity index (χ0v) is 19.3. The Hall–Kier alpha value is -3.29. The lowest BCUT2D eigenvalue weighted by molar-refractivity contribution is -0.131. The molecule has 3 aromatic heterocycles. The number of carbonyl (C=O) groups is 2. The number of amides is 2. The van der Waals surface area contributed by atoms with Crippen molar-refractivity contribution in [2.24, 2.45) is 5.92 Å². The molecular formula is C25H30N6O2. The Labute approximate surface area is 193 Å². The minimum absolute atomic E-state index is 0.00733. The summed E-state index contributed by atoms with van der Waals surface area (Å²) in [5, 5.41) is 7.80. The van der Waals surface area contributed by atoms with Crippen molar-refractivity contribution in [3.63, 3.8) is 0 Å². The molecule has 5 rings (SSSR count). The summed E-state index contributed by atoms with van der Waals surface area (Å²) in [5.41, 5.74) is 5.68. The first-order valence-electron chi connectivity index (χ1n) is 11.8. The maximum absolute atomic E-state index is 12.4. The fraction of sp³-hybridized carbons (Fsp3) is 0.480. The van der Waals surface area contributed by atoms with Gasteiger partial charge in [0.15, 0.2) is 5.65 Å². The number of nitrogens with zero attached hydrogens (tertiary/aromatic N) is 5. The Morgan fingerprint density at radius 3 is 2.79 bits per heavy atom. The van der Waals surface area contributed by atoms with Crippen LogP contribution in [-0.4, -0.2) is 49.4 Å². The van der Waals surface area contributed by atoms with Gasteiger partial charge in [-0.15, -0.1) is 0 Å². The number of aryl methyl sites for hydroxylation is 2. The van der Waals surface area contributed by atoms with Crippen LogP contribution in [0.4, 0.5) is 0 Å². The lowest BCUT2D eigenvalue weighted by Gasteiger charge is -2.15. The SMILES string of the molecule is Cc1nc2cc([C@@H]3CCN(C(=O)C4CC4)C3)nn2c(C)c1CCC(=O)NCc1ccccn1. The van der Waals surface area contributed by atoms with Crippen molar-refractivity contribution in [2.45, 2.75) is 58.4 Å². The molecule has 2 fully saturated rings. The average molecular weight is 447 g/mol. The Morgan fingerprint density at radius 2 is 2.03 bits per heavy atom. The van der Waals surface area contributed by atoms with E-state index in [1.807, 2.05) is 41.5 Å². The van der Waals surface area contributed by atoms with Crippen molar-refractivity contribution in [3.05, 3.63) is 58.8 Å². The number of fused-ring (bicyclic) bond motifs is 1. The number of nitrogens with one attached hydrogen (secondary N) is 1. The van der Waals surface area contributed by atoms with E-state index in [0.29, 0.717) is 25.3 Å². The van der Waals surface area contributed by atoms with Crippen LogP contribution in [0, 0.1) is 19.8 Å². The lowest BCUT2D eigenvalue weighted by atomic mass is 10.1. The van der Waals surface area contributed by atoms with Crippen LogP contribution in [0.15, 0.2) is 30.5 Å². The fourth-order valence-corrected chi connectivity index (χ4v) is 4.71. The lowest BCUT2D eigenvalue weighted by Crippen LogP contribution is -2.29. The third-order valence-electron chi connectivity index (χ3n) is 6.82. The highest BCUT2D eigenvalue weighted by Crippen LogP contribution is 2.35. The molecule has 1 saturated heterocycles. The van der Waals surface area contributed by atoms with Crippen LogP contribution >= 0.6 is 0 Å². The van der Waals surface area contributed by atoms with Gasteiger partial charge in [-0.1, -0.05) is 6.07 Å². The van der Waals surface area contributed by atoms with Gasteiger partial charge in [0.1, 0.15) is 0 Å². The van der Waals surface area contributed by atoms with Gasteiger partial charge in [-0.05, 0) is 57.2 Å². The zero-order valence-electron chi connectivity index (χ0n) is 19.3. The molecule has 8 heteroatoms. The summed E-state index contributed by atoms with van der Waals surface area (Å²) in [4.78, 5) is 35.8. The number of hydrogen-bond donors (Lipinski definition) is 1. The largest absolute Gasteiger partial charge is 0.350 e. The van der Waals surface area contributed by atoms with Crippen LogP contribution in [0.5, 0.6) is 0 Å². The number of pyridine rings is 1. The molecule has 0 unspecified atom stereocenters. The van der Waals surface area contributed by atoms with Crippen molar-refractivity contribution in [2.75, 3.05) is 13.1 Å². The third kappa shape index (κ3) is 4.60. The van der Waals surface area contributed by atoms with E-state index in [4.69, 9.17) is 10.1 Å². The van der Waals surface area contributed by atoms with Crippen LogP contribution in [0.2, 0.25) is 0 Å². The van der Waals surface area contributed by atoms with Crippen LogP contribution in [0.3, 0.4) is 0 Å². The number of likely N-dealkylation sites (tertiary alicyclic amines) is 1. The summed E-state index contributed by atoms with van der Waals surface area (Å²) in [7, 11) is 0. The molecule has 3 aromatic rings. The molecule has 1 atom stereocenters. The quantitative estimate of drug-likeness (QED) is 0.602. The van der Waals surface area contributed by atoms with Crippen LogP contribution in [0.25, 0.3) is 5.65 Å². The molecule has 1 saturated carbocycles. The van der Waals surface area contributed by atoms with E-state index in [0.717, 1.165) is 66.3 Å². The van der Waals surface area contributed by atoms with Crippen molar-refractivity contribution in [3.8, 4) is 0 Å². The molecule has 2 amide bonds. The second-order valence-corrected chi connectivity index (χ2v) is 9.24. The number of carbonyl (C=O) groups excluding carboxylic acids is 2. The molecule has 33 heavy (non-hydrogen) atoms. The van der Waals surface area contributed by atoms with Crippen LogP contribution in [-0.2, 0) is 22.6 Å². The highest BCUT2D eigenvalue weighted by atomic mass is 16.2. The molecule has 4 heterocycles. The van der Waals surface area contributed by atoms with E-state index in [-0.39, 0.29) is 17.7 Å². The van der Waals surface area contributed by atoms with Crippen LogP contribution < -0.4 is 5.32 Å². The predicted octanol–water partition coefficient (Wildman–Crippen LogP) is 2.72. The minimum Gasteiger partial charge on any atom is -0.350 e. The van der Waals surface area contributed by atoms with E-state index < -0.39 is 0 Å². The Bertz CT molecular complexity index is 1180. The number of hydrogen-bond acceptors (Lipinski definition) is 5. The van der Waals surface area contributed by atoms with E-state index in [2.05, 4.69) is 16.4 Å². The third-order valence-corrected chi connectivity index (χ3v) is 6.82. The van der Waals surface area contributed by atoms with Gasteiger partial charge >= 0.3 is 0 Å². The molecule has 8 nitrogen and oxygen atoms in total. The van der Waals surface area contributed by atoms with Gasteiger partial charge in [-0.3, -0.25) is 14.6 Å². The summed E-state index contributed by atoms with van der Waals surface area (Å²) in [6.45, 7) is 6.03. The van der Waals surface area contributed by atoms with E-state index in [1.54, 1.807) is 6.20 Å². The molecule has 1 N–H and O–H groups in total.